The third kappa shape index (κ3) is 4.96. The van der Waals surface area contributed by atoms with Crippen molar-refractivity contribution in [3.8, 4) is 22.6 Å². The van der Waals surface area contributed by atoms with Crippen molar-refractivity contribution in [2.45, 2.75) is 6.54 Å². The Balaban J connectivity index is 0.00000171. The summed E-state index contributed by atoms with van der Waals surface area (Å²) in [6, 6.07) is 5.93. The fraction of sp³-hybridized carbons (Fsp3) is 0.364. The monoisotopic (exact) mass is 466 g/mol. The summed E-state index contributed by atoms with van der Waals surface area (Å²) < 4.78 is 13.1. The summed E-state index contributed by atoms with van der Waals surface area (Å²) in [6.45, 7) is 4.73. The Labute approximate surface area is 194 Å². The van der Waals surface area contributed by atoms with Crippen molar-refractivity contribution < 1.29 is 9.47 Å². The van der Waals surface area contributed by atoms with E-state index in [1.54, 1.807) is 38.2 Å². The van der Waals surface area contributed by atoms with Gasteiger partial charge in [0, 0.05) is 63.9 Å². The van der Waals surface area contributed by atoms with Crippen LogP contribution in [-0.2, 0) is 13.6 Å². The predicted molar refractivity (Wildman–Crippen MR) is 128 cm³/mol. The van der Waals surface area contributed by atoms with Crippen LogP contribution in [0.15, 0.2) is 41.6 Å². The van der Waals surface area contributed by atoms with Crippen LogP contribution in [0.1, 0.15) is 5.56 Å². The van der Waals surface area contributed by atoms with E-state index in [4.69, 9.17) is 9.47 Å². The van der Waals surface area contributed by atoms with Gasteiger partial charge in [0.05, 0.1) is 25.2 Å². The first-order chi connectivity index (χ1) is 14.1. The molecule has 168 valence electrons. The molecule has 4 rings (SSSR count). The predicted octanol–water partition coefficient (Wildman–Crippen LogP) is 2.87. The number of aromatic nitrogens is 2. The van der Waals surface area contributed by atoms with Crippen LogP contribution in [0.25, 0.3) is 21.9 Å². The Hall–Kier alpha value is -2.32. The lowest BCUT2D eigenvalue weighted by molar-refractivity contribution is 0.226. The fourth-order valence-corrected chi connectivity index (χ4v) is 3.93. The third-order valence-electron chi connectivity index (χ3n) is 5.49. The number of hydrogen-bond acceptors (Lipinski definition) is 6. The topological polar surface area (TPSA) is 68.6 Å². The molecule has 1 fully saturated rings. The second kappa shape index (κ2) is 10.8. The van der Waals surface area contributed by atoms with E-state index in [0.29, 0.717) is 5.39 Å². The number of nitrogens with one attached hydrogen (secondary N) is 1. The van der Waals surface area contributed by atoms with Gasteiger partial charge in [0.1, 0.15) is 11.5 Å². The van der Waals surface area contributed by atoms with Crippen molar-refractivity contribution in [3.63, 3.8) is 0 Å². The molecule has 3 aromatic rings. The molecule has 1 N–H and O–H groups in total. The maximum absolute atomic E-state index is 12.5. The van der Waals surface area contributed by atoms with Gasteiger partial charge in [-0.3, -0.25) is 14.7 Å². The fourth-order valence-electron chi connectivity index (χ4n) is 3.93. The molecule has 1 aliphatic heterocycles. The molecule has 0 spiro atoms. The van der Waals surface area contributed by atoms with Crippen LogP contribution in [0, 0.1) is 0 Å². The van der Waals surface area contributed by atoms with Crippen LogP contribution in [0.4, 0.5) is 0 Å². The van der Waals surface area contributed by atoms with Gasteiger partial charge in [0.25, 0.3) is 5.56 Å². The first kappa shape index (κ1) is 24.9. The summed E-state index contributed by atoms with van der Waals surface area (Å²) in [5.74, 6) is 1.57. The zero-order valence-electron chi connectivity index (χ0n) is 17.9. The minimum absolute atomic E-state index is 0. The lowest BCUT2D eigenvalue weighted by Gasteiger charge is -2.28. The number of hydrogen-bond donors (Lipinski definition) is 1. The maximum Gasteiger partial charge on any atom is 0.259 e. The zero-order valence-corrected chi connectivity index (χ0v) is 19.5. The molecule has 0 amide bonds. The molecule has 2 aromatic heterocycles. The molecule has 0 bridgehead atoms. The average molecular weight is 467 g/mol. The summed E-state index contributed by atoms with van der Waals surface area (Å²) in [5, 5.41) is 4.83. The van der Waals surface area contributed by atoms with Crippen LogP contribution in [0.3, 0.4) is 0 Å². The third-order valence-corrected chi connectivity index (χ3v) is 5.49. The van der Waals surface area contributed by atoms with Crippen molar-refractivity contribution >= 4 is 35.6 Å². The van der Waals surface area contributed by atoms with Gasteiger partial charge in [0.2, 0.25) is 0 Å². The summed E-state index contributed by atoms with van der Waals surface area (Å²) in [7, 11) is 5.12. The van der Waals surface area contributed by atoms with E-state index in [1.165, 1.54) is 0 Å². The van der Waals surface area contributed by atoms with E-state index >= 15 is 0 Å². The Bertz CT molecular complexity index is 1070. The summed E-state index contributed by atoms with van der Waals surface area (Å²) in [6.07, 6.45) is 5.18. The van der Waals surface area contributed by atoms with E-state index in [2.05, 4.69) is 15.2 Å². The van der Waals surface area contributed by atoms with E-state index in [0.717, 1.165) is 66.3 Å². The first-order valence-electron chi connectivity index (χ1n) is 9.74. The molecule has 1 aliphatic rings. The van der Waals surface area contributed by atoms with E-state index in [-0.39, 0.29) is 30.4 Å². The molecule has 7 nitrogen and oxygen atoms in total. The normalized spacial score (nSPS) is 13.9. The van der Waals surface area contributed by atoms with Gasteiger partial charge in [-0.1, -0.05) is 0 Å². The molecular weight excluding hydrogens is 439 g/mol. The van der Waals surface area contributed by atoms with Gasteiger partial charge in [-0.15, -0.1) is 24.8 Å². The van der Waals surface area contributed by atoms with E-state index < -0.39 is 0 Å². The maximum atomic E-state index is 12.5. The molecule has 3 heterocycles. The van der Waals surface area contributed by atoms with Gasteiger partial charge in [-0.05, 0) is 29.1 Å². The van der Waals surface area contributed by atoms with Crippen LogP contribution < -0.4 is 20.3 Å². The van der Waals surface area contributed by atoms with Crippen molar-refractivity contribution in [1.29, 1.82) is 0 Å². The van der Waals surface area contributed by atoms with Gasteiger partial charge in [-0.25, -0.2) is 0 Å². The number of nitrogens with zero attached hydrogens (tertiary/aromatic N) is 3. The Kier molecular flexibility index (Phi) is 8.70. The van der Waals surface area contributed by atoms with Gasteiger partial charge >= 0.3 is 0 Å². The molecule has 0 atom stereocenters. The molecule has 0 unspecified atom stereocenters. The molecule has 0 aliphatic carbocycles. The molecule has 0 saturated carbocycles. The highest BCUT2D eigenvalue weighted by Crippen LogP contribution is 2.37. The number of aryl methyl sites for hydroxylation is 1. The summed E-state index contributed by atoms with van der Waals surface area (Å²) in [5.41, 5.74) is 2.85. The first-order valence-corrected chi connectivity index (χ1v) is 9.74. The Morgan fingerprint density at radius 2 is 1.71 bits per heavy atom. The zero-order chi connectivity index (χ0) is 20.4. The number of ether oxygens (including phenoxy) is 2. The molecule has 1 saturated heterocycles. The SMILES string of the molecule is COc1cc(-c2cn(C)c(=O)c3cnccc23)cc(OC)c1CN1CCNCC1.Cl.Cl. The number of benzene rings is 1. The number of piperazine rings is 1. The second-order valence-corrected chi connectivity index (χ2v) is 7.27. The number of halogens is 2. The van der Waals surface area contributed by atoms with Crippen LogP contribution in [0.5, 0.6) is 11.5 Å². The minimum Gasteiger partial charge on any atom is -0.496 e. The number of methoxy groups -OCH3 is 2. The molecule has 31 heavy (non-hydrogen) atoms. The van der Waals surface area contributed by atoms with Crippen LogP contribution >= 0.6 is 24.8 Å². The average Bonchev–Trinajstić information content (AvgIpc) is 2.77. The molecular formula is C22H28Cl2N4O3. The summed E-state index contributed by atoms with van der Waals surface area (Å²) >= 11 is 0. The summed E-state index contributed by atoms with van der Waals surface area (Å²) in [4.78, 5) is 19.0. The number of rotatable bonds is 5. The highest BCUT2D eigenvalue weighted by molar-refractivity contribution is 5.95. The highest BCUT2D eigenvalue weighted by atomic mass is 35.5. The Morgan fingerprint density at radius 1 is 1.06 bits per heavy atom. The van der Waals surface area contributed by atoms with E-state index in [1.807, 2.05) is 24.4 Å². The molecule has 9 heteroatoms. The van der Waals surface area contributed by atoms with Gasteiger partial charge in [0.15, 0.2) is 0 Å². The molecule has 1 aromatic carbocycles. The van der Waals surface area contributed by atoms with Crippen molar-refractivity contribution in [3.05, 3.63) is 52.7 Å². The molecule has 0 radical (unpaired) electrons. The number of pyridine rings is 2. The van der Waals surface area contributed by atoms with Crippen molar-refractivity contribution in [1.82, 2.24) is 19.8 Å². The van der Waals surface area contributed by atoms with Gasteiger partial charge in [-0.2, -0.15) is 0 Å². The largest absolute Gasteiger partial charge is 0.496 e. The lowest BCUT2D eigenvalue weighted by Crippen LogP contribution is -2.43. The van der Waals surface area contributed by atoms with E-state index in [9.17, 15) is 4.79 Å². The smallest absolute Gasteiger partial charge is 0.259 e. The van der Waals surface area contributed by atoms with Crippen LogP contribution in [0.2, 0.25) is 0 Å². The standard InChI is InChI=1S/C22H26N4O3.2ClH/c1-25-13-18(16-4-5-24-12-17(16)22(25)27)15-10-20(28-2)19(21(11-15)29-3)14-26-8-6-23-7-9-26;;/h4-5,10-13,23H,6-9,14H2,1-3H3;2*1H. The minimum atomic E-state index is -0.0638. The van der Waals surface area contributed by atoms with Crippen molar-refractivity contribution in [2.24, 2.45) is 7.05 Å². The second-order valence-electron chi connectivity index (χ2n) is 7.27. The number of fused-ring (bicyclic) bond motifs is 1. The quantitative estimate of drug-likeness (QED) is 0.623. The highest BCUT2D eigenvalue weighted by Gasteiger charge is 2.19. The van der Waals surface area contributed by atoms with Crippen molar-refractivity contribution in [2.75, 3.05) is 40.4 Å². The van der Waals surface area contributed by atoms with Crippen LogP contribution in [-0.4, -0.2) is 54.8 Å². The van der Waals surface area contributed by atoms with Gasteiger partial charge < -0.3 is 19.4 Å². The Morgan fingerprint density at radius 3 is 2.32 bits per heavy atom. The lowest BCUT2D eigenvalue weighted by atomic mass is 9.99.